The van der Waals surface area contributed by atoms with E-state index in [0.29, 0.717) is 5.92 Å². The van der Waals surface area contributed by atoms with E-state index in [1.54, 1.807) is 0 Å². The molecule has 1 aliphatic carbocycles. The maximum absolute atomic E-state index is 4.04. The highest BCUT2D eigenvalue weighted by Gasteiger charge is 2.06. The van der Waals surface area contributed by atoms with Gasteiger partial charge in [-0.25, -0.2) is 0 Å². The Morgan fingerprint density at radius 2 is 2.22 bits per heavy atom. The lowest BCUT2D eigenvalue weighted by atomic mass is 10.0. The monoisotopic (exact) mass is 123 g/mol. The highest BCUT2D eigenvalue weighted by atomic mass is 14.1. The Bertz CT molecular complexity index is 103. The highest BCUT2D eigenvalue weighted by Crippen LogP contribution is 2.20. The van der Waals surface area contributed by atoms with Gasteiger partial charge in [0.25, 0.3) is 0 Å². The molecule has 1 aliphatic rings. The molecule has 0 aromatic rings. The Morgan fingerprint density at radius 1 is 1.44 bits per heavy atom. The minimum atomic E-state index is 0.672. The maximum atomic E-state index is 4.04. The van der Waals surface area contributed by atoms with E-state index in [-0.39, 0.29) is 0 Å². The van der Waals surface area contributed by atoms with Gasteiger partial charge in [-0.1, -0.05) is 19.1 Å². The van der Waals surface area contributed by atoms with Gasteiger partial charge in [0, 0.05) is 0 Å². The number of allylic oxidation sites excluding steroid dienone is 2. The zero-order valence-electron chi connectivity index (χ0n) is 6.14. The summed E-state index contributed by atoms with van der Waals surface area (Å²) in [5, 5.41) is 0. The minimum Gasteiger partial charge on any atom is -0.0880 e. The van der Waals surface area contributed by atoms with Crippen molar-refractivity contribution in [1.82, 2.24) is 0 Å². The van der Waals surface area contributed by atoms with Crippen LogP contribution in [0.25, 0.3) is 0 Å². The minimum absolute atomic E-state index is 0.672. The number of hydrogen-bond acceptors (Lipinski definition) is 0. The molecular formula is C9H15. The summed E-state index contributed by atoms with van der Waals surface area (Å²) in [6, 6.07) is 0. The van der Waals surface area contributed by atoms with Crippen LogP contribution in [0.4, 0.5) is 0 Å². The van der Waals surface area contributed by atoms with Gasteiger partial charge in [0.15, 0.2) is 0 Å². The molecule has 0 nitrogen and oxygen atoms in total. The van der Waals surface area contributed by atoms with Crippen molar-refractivity contribution < 1.29 is 0 Å². The molecule has 2 unspecified atom stereocenters. The molecule has 0 aliphatic heterocycles. The summed E-state index contributed by atoms with van der Waals surface area (Å²) < 4.78 is 0. The average molecular weight is 123 g/mol. The third kappa shape index (κ3) is 2.21. The van der Waals surface area contributed by atoms with Gasteiger partial charge < -0.3 is 0 Å². The van der Waals surface area contributed by atoms with Crippen molar-refractivity contribution in [1.29, 1.82) is 0 Å². The topological polar surface area (TPSA) is 0 Å². The molecule has 9 heavy (non-hydrogen) atoms. The van der Waals surface area contributed by atoms with Crippen molar-refractivity contribution in [3.05, 3.63) is 19.1 Å². The molecule has 0 spiro atoms. The van der Waals surface area contributed by atoms with Crippen LogP contribution < -0.4 is 0 Å². The largest absolute Gasteiger partial charge is 0.0880 e. The molecule has 1 radical (unpaired) electrons. The molecule has 0 N–H and O–H groups in total. The van der Waals surface area contributed by atoms with Gasteiger partial charge >= 0.3 is 0 Å². The Labute approximate surface area is 58.0 Å². The predicted molar refractivity (Wildman–Crippen MR) is 41.0 cm³/mol. The molecule has 1 rings (SSSR count). The summed E-state index contributed by atoms with van der Waals surface area (Å²) in [5.41, 5.74) is 0. The van der Waals surface area contributed by atoms with E-state index >= 15 is 0 Å². The van der Waals surface area contributed by atoms with Crippen LogP contribution in [0.2, 0.25) is 0 Å². The fourth-order valence-corrected chi connectivity index (χ4v) is 1.22. The smallest absolute Gasteiger partial charge is 0.0262 e. The first-order valence-electron chi connectivity index (χ1n) is 3.79. The SMILES string of the molecule is [CH2]C1CC=CC(C)CC1. The Balaban J connectivity index is 2.39. The van der Waals surface area contributed by atoms with Gasteiger partial charge in [0.1, 0.15) is 0 Å². The second-order valence-corrected chi connectivity index (χ2v) is 3.08. The zero-order chi connectivity index (χ0) is 6.69. The van der Waals surface area contributed by atoms with Crippen molar-refractivity contribution in [3.8, 4) is 0 Å². The normalized spacial score (nSPS) is 36.2. The lowest BCUT2D eigenvalue weighted by molar-refractivity contribution is 0.529. The molecule has 0 fully saturated rings. The van der Waals surface area contributed by atoms with E-state index in [9.17, 15) is 0 Å². The van der Waals surface area contributed by atoms with Crippen LogP contribution in [0.5, 0.6) is 0 Å². The van der Waals surface area contributed by atoms with Crippen LogP contribution in [0.1, 0.15) is 26.2 Å². The van der Waals surface area contributed by atoms with Crippen LogP contribution in [0.15, 0.2) is 12.2 Å². The van der Waals surface area contributed by atoms with E-state index < -0.39 is 0 Å². The standard InChI is InChI=1S/C9H15/c1-8-4-3-5-9(2)7-6-8/h3,5,8-9H,1,4,6-7H2,2H3. The number of rotatable bonds is 0. The molecule has 0 amide bonds. The van der Waals surface area contributed by atoms with Crippen molar-refractivity contribution in [2.45, 2.75) is 26.2 Å². The van der Waals surface area contributed by atoms with Gasteiger partial charge in [-0.05, 0) is 38.0 Å². The van der Waals surface area contributed by atoms with Crippen LogP contribution >= 0.6 is 0 Å². The summed E-state index contributed by atoms with van der Waals surface area (Å²) >= 11 is 0. The predicted octanol–water partition coefficient (Wildman–Crippen LogP) is 2.81. The van der Waals surface area contributed by atoms with Gasteiger partial charge in [-0.15, -0.1) is 0 Å². The van der Waals surface area contributed by atoms with Gasteiger partial charge in [0.2, 0.25) is 0 Å². The van der Waals surface area contributed by atoms with E-state index in [1.807, 2.05) is 0 Å². The molecule has 0 aromatic carbocycles. The summed E-state index contributed by atoms with van der Waals surface area (Å²) in [5.74, 6) is 1.46. The Morgan fingerprint density at radius 3 is 3.00 bits per heavy atom. The van der Waals surface area contributed by atoms with E-state index in [0.717, 1.165) is 5.92 Å². The number of hydrogen-bond donors (Lipinski definition) is 0. The van der Waals surface area contributed by atoms with E-state index in [1.165, 1.54) is 19.3 Å². The first-order chi connectivity index (χ1) is 4.29. The fourth-order valence-electron chi connectivity index (χ4n) is 1.22. The molecular weight excluding hydrogens is 108 g/mol. The van der Waals surface area contributed by atoms with Crippen LogP contribution in [0, 0.1) is 18.8 Å². The van der Waals surface area contributed by atoms with Gasteiger partial charge in [0.05, 0.1) is 0 Å². The molecule has 0 aromatic heterocycles. The lowest BCUT2D eigenvalue weighted by Gasteiger charge is -2.05. The van der Waals surface area contributed by atoms with Crippen molar-refractivity contribution in [2.24, 2.45) is 11.8 Å². The summed E-state index contributed by atoms with van der Waals surface area (Å²) in [4.78, 5) is 0. The third-order valence-corrected chi connectivity index (χ3v) is 1.96. The second-order valence-electron chi connectivity index (χ2n) is 3.08. The summed E-state index contributed by atoms with van der Waals surface area (Å²) in [6.45, 7) is 6.31. The van der Waals surface area contributed by atoms with Gasteiger partial charge in [-0.3, -0.25) is 0 Å². The average Bonchev–Trinajstić information content (AvgIpc) is 1.97. The molecule has 0 saturated carbocycles. The third-order valence-electron chi connectivity index (χ3n) is 1.96. The summed E-state index contributed by atoms with van der Waals surface area (Å²) in [7, 11) is 0. The highest BCUT2D eigenvalue weighted by molar-refractivity contribution is 4.92. The van der Waals surface area contributed by atoms with Crippen molar-refractivity contribution in [2.75, 3.05) is 0 Å². The van der Waals surface area contributed by atoms with Crippen LogP contribution in [-0.4, -0.2) is 0 Å². The molecule has 0 bridgehead atoms. The van der Waals surface area contributed by atoms with E-state index in [4.69, 9.17) is 0 Å². The molecule has 2 atom stereocenters. The molecule has 0 saturated heterocycles. The first kappa shape index (κ1) is 6.85. The van der Waals surface area contributed by atoms with Crippen LogP contribution in [0.3, 0.4) is 0 Å². The first-order valence-corrected chi connectivity index (χ1v) is 3.79. The quantitative estimate of drug-likeness (QED) is 0.434. The molecule has 51 valence electrons. The van der Waals surface area contributed by atoms with Gasteiger partial charge in [-0.2, -0.15) is 0 Å². The van der Waals surface area contributed by atoms with Crippen molar-refractivity contribution >= 4 is 0 Å². The summed E-state index contributed by atoms with van der Waals surface area (Å²) in [6.07, 6.45) is 8.39. The zero-order valence-corrected chi connectivity index (χ0v) is 6.14. The van der Waals surface area contributed by atoms with Crippen LogP contribution in [-0.2, 0) is 0 Å². The Kier molecular flexibility index (Phi) is 2.32. The maximum Gasteiger partial charge on any atom is -0.0262 e. The van der Waals surface area contributed by atoms with Crippen molar-refractivity contribution in [3.63, 3.8) is 0 Å². The molecule has 0 heterocycles. The lowest BCUT2D eigenvalue weighted by Crippen LogP contribution is -1.92. The fraction of sp³-hybridized carbons (Fsp3) is 0.667. The molecule has 0 heteroatoms. The Hall–Kier alpha value is -0.260. The second kappa shape index (κ2) is 3.05. The van der Waals surface area contributed by atoms with E-state index in [2.05, 4.69) is 26.0 Å².